The summed E-state index contributed by atoms with van der Waals surface area (Å²) in [5.74, 6) is 0.622. The van der Waals surface area contributed by atoms with Crippen molar-refractivity contribution in [2.45, 2.75) is 26.8 Å². The number of ether oxygens (including phenoxy) is 1. The number of aromatic nitrogens is 3. The SMILES string of the molecule is COc1cccc2sc(N(CCN(C)C)C(=O)c3cc(C)nn3C(C)C)nc12.Cl. The lowest BCUT2D eigenvalue weighted by Gasteiger charge is -2.22. The summed E-state index contributed by atoms with van der Waals surface area (Å²) in [4.78, 5) is 22.1. The van der Waals surface area contributed by atoms with Crippen LogP contribution in [0.15, 0.2) is 24.3 Å². The molecular formula is C20H28ClN5O2S. The van der Waals surface area contributed by atoms with Crippen LogP contribution in [-0.4, -0.2) is 59.9 Å². The Hall–Kier alpha value is -2.16. The molecule has 0 aliphatic rings. The minimum Gasteiger partial charge on any atom is -0.494 e. The van der Waals surface area contributed by atoms with Gasteiger partial charge in [0.1, 0.15) is 17.0 Å². The fourth-order valence-electron chi connectivity index (χ4n) is 2.98. The Morgan fingerprint density at radius 1 is 1.28 bits per heavy atom. The smallest absolute Gasteiger partial charge is 0.278 e. The lowest BCUT2D eigenvalue weighted by atomic mass is 10.3. The summed E-state index contributed by atoms with van der Waals surface area (Å²) in [7, 11) is 5.62. The summed E-state index contributed by atoms with van der Waals surface area (Å²) in [6.07, 6.45) is 0. The number of carbonyl (C=O) groups excluding carboxylic acids is 1. The Balaban J connectivity index is 0.00000300. The van der Waals surface area contributed by atoms with E-state index in [0.29, 0.717) is 23.1 Å². The van der Waals surface area contributed by atoms with Gasteiger partial charge in [0, 0.05) is 19.1 Å². The highest BCUT2D eigenvalue weighted by Crippen LogP contribution is 2.34. The molecule has 0 bridgehead atoms. The molecule has 9 heteroatoms. The maximum atomic E-state index is 13.5. The highest BCUT2D eigenvalue weighted by Gasteiger charge is 2.26. The first-order valence-corrected chi connectivity index (χ1v) is 10.1. The van der Waals surface area contributed by atoms with Gasteiger partial charge in [-0.15, -0.1) is 12.4 Å². The summed E-state index contributed by atoms with van der Waals surface area (Å²) >= 11 is 1.50. The first kappa shape index (κ1) is 23.1. The molecule has 0 N–H and O–H groups in total. The van der Waals surface area contributed by atoms with Gasteiger partial charge >= 0.3 is 0 Å². The van der Waals surface area contributed by atoms with Crippen LogP contribution in [0.1, 0.15) is 36.1 Å². The lowest BCUT2D eigenvalue weighted by molar-refractivity contribution is 0.0973. The van der Waals surface area contributed by atoms with Crippen molar-refractivity contribution in [3.05, 3.63) is 35.7 Å². The van der Waals surface area contributed by atoms with Crippen molar-refractivity contribution < 1.29 is 9.53 Å². The summed E-state index contributed by atoms with van der Waals surface area (Å²) in [5.41, 5.74) is 2.19. The molecule has 1 amide bonds. The molecular weight excluding hydrogens is 410 g/mol. The number of hydrogen-bond acceptors (Lipinski definition) is 6. The van der Waals surface area contributed by atoms with Gasteiger partial charge in [0.15, 0.2) is 5.13 Å². The van der Waals surface area contributed by atoms with E-state index in [2.05, 4.69) is 10.00 Å². The molecule has 0 saturated heterocycles. The Kier molecular flexibility index (Phi) is 7.62. The number of thiazole rings is 1. The number of aryl methyl sites for hydroxylation is 1. The van der Waals surface area contributed by atoms with Crippen molar-refractivity contribution in [1.82, 2.24) is 19.7 Å². The van der Waals surface area contributed by atoms with Crippen LogP contribution in [0.2, 0.25) is 0 Å². The summed E-state index contributed by atoms with van der Waals surface area (Å²) < 4.78 is 8.21. The zero-order chi connectivity index (χ0) is 20.4. The molecule has 0 radical (unpaired) electrons. The van der Waals surface area contributed by atoms with Crippen LogP contribution in [-0.2, 0) is 0 Å². The van der Waals surface area contributed by atoms with Gasteiger partial charge in [-0.3, -0.25) is 14.4 Å². The number of hydrogen-bond donors (Lipinski definition) is 0. The molecule has 0 aliphatic carbocycles. The lowest BCUT2D eigenvalue weighted by Crippen LogP contribution is -2.38. The number of likely N-dealkylation sites (N-methyl/N-ethyl adjacent to an activating group) is 1. The van der Waals surface area contributed by atoms with Crippen LogP contribution >= 0.6 is 23.7 Å². The number of carbonyl (C=O) groups is 1. The van der Waals surface area contributed by atoms with E-state index in [-0.39, 0.29) is 24.4 Å². The molecule has 0 atom stereocenters. The van der Waals surface area contributed by atoms with Crippen molar-refractivity contribution in [3.63, 3.8) is 0 Å². The largest absolute Gasteiger partial charge is 0.494 e. The molecule has 29 heavy (non-hydrogen) atoms. The topological polar surface area (TPSA) is 63.5 Å². The molecule has 158 valence electrons. The van der Waals surface area contributed by atoms with Crippen molar-refractivity contribution in [2.75, 3.05) is 39.2 Å². The molecule has 3 rings (SSSR count). The van der Waals surface area contributed by atoms with Gasteiger partial charge in [0.2, 0.25) is 0 Å². The van der Waals surface area contributed by atoms with Gasteiger partial charge in [-0.1, -0.05) is 17.4 Å². The molecule has 0 spiro atoms. The van der Waals surface area contributed by atoms with Crippen LogP contribution in [0.25, 0.3) is 10.2 Å². The fourth-order valence-corrected chi connectivity index (χ4v) is 3.99. The van der Waals surface area contributed by atoms with E-state index in [0.717, 1.165) is 22.5 Å². The zero-order valence-electron chi connectivity index (χ0n) is 17.7. The Labute approximate surface area is 181 Å². The summed E-state index contributed by atoms with van der Waals surface area (Å²) in [6, 6.07) is 7.76. The number of nitrogens with zero attached hydrogens (tertiary/aromatic N) is 5. The van der Waals surface area contributed by atoms with Crippen LogP contribution < -0.4 is 9.64 Å². The third-order valence-electron chi connectivity index (χ3n) is 4.40. The van der Waals surface area contributed by atoms with Gasteiger partial charge < -0.3 is 9.64 Å². The number of methoxy groups -OCH3 is 1. The van der Waals surface area contributed by atoms with Gasteiger partial charge in [-0.2, -0.15) is 5.10 Å². The minimum absolute atomic E-state index is 0. The van der Waals surface area contributed by atoms with Crippen LogP contribution in [0, 0.1) is 6.92 Å². The Morgan fingerprint density at radius 2 is 2.00 bits per heavy atom. The molecule has 0 unspecified atom stereocenters. The summed E-state index contributed by atoms with van der Waals surface area (Å²) in [6.45, 7) is 7.22. The second kappa shape index (κ2) is 9.56. The zero-order valence-corrected chi connectivity index (χ0v) is 19.3. The van der Waals surface area contributed by atoms with Crippen molar-refractivity contribution in [1.29, 1.82) is 0 Å². The van der Waals surface area contributed by atoms with Crippen molar-refractivity contribution >= 4 is 45.0 Å². The number of anilines is 1. The third kappa shape index (κ3) is 4.88. The minimum atomic E-state index is -0.0887. The fraction of sp³-hybridized carbons (Fsp3) is 0.450. The molecule has 1 aromatic carbocycles. The predicted octanol–water partition coefficient (Wildman–Crippen LogP) is 4.02. The highest BCUT2D eigenvalue weighted by atomic mass is 35.5. The summed E-state index contributed by atoms with van der Waals surface area (Å²) in [5, 5.41) is 5.16. The van der Waals surface area contributed by atoms with Crippen LogP contribution in [0.4, 0.5) is 5.13 Å². The van der Waals surface area contributed by atoms with E-state index in [9.17, 15) is 4.79 Å². The molecule has 3 aromatic rings. The van der Waals surface area contributed by atoms with E-state index in [1.54, 1.807) is 16.7 Å². The van der Waals surface area contributed by atoms with Crippen molar-refractivity contribution in [3.8, 4) is 5.75 Å². The average molecular weight is 438 g/mol. The van der Waals surface area contributed by atoms with E-state index >= 15 is 0 Å². The standard InChI is InChI=1S/C20H27N5O2S.ClH/c1-13(2)25-15(12-14(3)22-25)19(26)24(11-10-23(4)5)20-21-18-16(27-6)8-7-9-17(18)28-20;/h7-9,12-13H,10-11H2,1-6H3;1H. The first-order chi connectivity index (χ1) is 13.3. The predicted molar refractivity (Wildman–Crippen MR) is 121 cm³/mol. The Morgan fingerprint density at radius 3 is 2.62 bits per heavy atom. The number of para-hydroxylation sites is 1. The second-order valence-corrected chi connectivity index (χ2v) is 8.28. The van der Waals surface area contributed by atoms with Crippen molar-refractivity contribution in [2.24, 2.45) is 0 Å². The van der Waals surface area contributed by atoms with Gasteiger partial charge in [0.25, 0.3) is 5.91 Å². The number of rotatable bonds is 7. The second-order valence-electron chi connectivity index (χ2n) is 7.27. The quantitative estimate of drug-likeness (QED) is 0.558. The molecule has 0 fully saturated rings. The van der Waals surface area contributed by atoms with E-state index in [1.165, 1.54) is 11.3 Å². The van der Waals surface area contributed by atoms with Gasteiger partial charge in [-0.05, 0) is 53.1 Å². The molecule has 0 saturated carbocycles. The monoisotopic (exact) mass is 437 g/mol. The molecule has 2 aromatic heterocycles. The van der Waals surface area contributed by atoms with Gasteiger partial charge in [-0.25, -0.2) is 4.98 Å². The number of benzene rings is 1. The van der Waals surface area contributed by atoms with Crippen LogP contribution in [0.3, 0.4) is 0 Å². The number of fused-ring (bicyclic) bond motifs is 1. The van der Waals surface area contributed by atoms with E-state index in [4.69, 9.17) is 9.72 Å². The Bertz CT molecular complexity index is 983. The highest BCUT2D eigenvalue weighted by molar-refractivity contribution is 7.22. The van der Waals surface area contributed by atoms with E-state index < -0.39 is 0 Å². The number of amides is 1. The van der Waals surface area contributed by atoms with E-state index in [1.807, 2.05) is 59.1 Å². The third-order valence-corrected chi connectivity index (χ3v) is 5.45. The molecule has 2 heterocycles. The normalized spacial score (nSPS) is 11.2. The first-order valence-electron chi connectivity index (χ1n) is 9.28. The molecule has 0 aliphatic heterocycles. The van der Waals surface area contributed by atoms with Gasteiger partial charge in [0.05, 0.1) is 17.5 Å². The molecule has 7 nitrogen and oxygen atoms in total. The maximum Gasteiger partial charge on any atom is 0.278 e. The number of halogens is 1. The van der Waals surface area contributed by atoms with Crippen LogP contribution in [0.5, 0.6) is 5.75 Å². The maximum absolute atomic E-state index is 13.5. The average Bonchev–Trinajstić information content (AvgIpc) is 3.24.